The quantitative estimate of drug-likeness (QED) is 0.748. The van der Waals surface area contributed by atoms with Gasteiger partial charge in [0.05, 0.1) is 5.56 Å². The summed E-state index contributed by atoms with van der Waals surface area (Å²) in [6.07, 6.45) is 7.14. The highest BCUT2D eigenvalue weighted by atomic mass is 16.6. The van der Waals surface area contributed by atoms with E-state index in [1.165, 1.54) is 19.3 Å². The summed E-state index contributed by atoms with van der Waals surface area (Å²) in [6.45, 7) is 1.38. The van der Waals surface area contributed by atoms with Crippen molar-refractivity contribution in [3.8, 4) is 0 Å². The Morgan fingerprint density at radius 3 is 2.52 bits per heavy atom. The fourth-order valence-electron chi connectivity index (χ4n) is 4.41. The van der Waals surface area contributed by atoms with E-state index in [0.29, 0.717) is 37.4 Å². The van der Waals surface area contributed by atoms with Crippen molar-refractivity contribution in [2.24, 2.45) is 5.92 Å². The number of rotatable bonds is 1. The van der Waals surface area contributed by atoms with E-state index >= 15 is 0 Å². The third-order valence-electron chi connectivity index (χ3n) is 5.76. The van der Waals surface area contributed by atoms with E-state index in [0.717, 1.165) is 18.4 Å². The Balaban J connectivity index is 1.47. The number of carbonyl (C=O) groups excluding carboxylic acids is 2. The number of carbonyl (C=O) groups is 2. The average molecular weight is 313 g/mol. The molecule has 0 unspecified atom stereocenters. The van der Waals surface area contributed by atoms with Crippen molar-refractivity contribution in [3.63, 3.8) is 0 Å². The topological polar surface area (TPSA) is 46.6 Å². The van der Waals surface area contributed by atoms with Gasteiger partial charge in [0.2, 0.25) is 5.91 Å². The maximum atomic E-state index is 12.7. The van der Waals surface area contributed by atoms with Crippen molar-refractivity contribution >= 4 is 11.9 Å². The molecular formula is C19H23NO3. The van der Waals surface area contributed by atoms with Gasteiger partial charge in [-0.15, -0.1) is 0 Å². The lowest BCUT2D eigenvalue weighted by molar-refractivity contribution is -0.140. The van der Waals surface area contributed by atoms with Gasteiger partial charge in [0.25, 0.3) is 0 Å². The minimum Gasteiger partial charge on any atom is -0.450 e. The van der Waals surface area contributed by atoms with E-state index in [2.05, 4.69) is 0 Å². The van der Waals surface area contributed by atoms with E-state index in [1.807, 2.05) is 29.2 Å². The zero-order valence-corrected chi connectivity index (χ0v) is 13.4. The lowest BCUT2D eigenvalue weighted by Gasteiger charge is -2.40. The standard InChI is InChI=1S/C19H23NO3/c21-17(14-6-2-1-3-7-14)20-12-10-19(11-13-20)16-9-5-4-8-15(16)18(22)23-19/h4-5,8-9,14H,1-3,6-7,10-13H2. The fraction of sp³-hybridized carbons (Fsp3) is 0.579. The van der Waals surface area contributed by atoms with E-state index in [4.69, 9.17) is 4.74 Å². The number of hydrogen-bond donors (Lipinski definition) is 0. The molecule has 2 aliphatic heterocycles. The predicted octanol–water partition coefficient (Wildman–Crippen LogP) is 3.26. The first-order valence-corrected chi connectivity index (χ1v) is 8.81. The van der Waals surface area contributed by atoms with Crippen LogP contribution in [0, 0.1) is 5.92 Å². The highest BCUT2D eigenvalue weighted by molar-refractivity contribution is 5.94. The molecule has 0 atom stereocenters. The Morgan fingerprint density at radius 2 is 1.78 bits per heavy atom. The number of ether oxygens (including phenoxy) is 1. The molecule has 122 valence electrons. The lowest BCUT2D eigenvalue weighted by atomic mass is 9.82. The van der Waals surface area contributed by atoms with Gasteiger partial charge >= 0.3 is 5.97 Å². The number of piperidine rings is 1. The van der Waals surface area contributed by atoms with Crippen LogP contribution < -0.4 is 0 Å². The van der Waals surface area contributed by atoms with Gasteiger partial charge in [-0.1, -0.05) is 37.5 Å². The molecule has 1 aromatic rings. The first kappa shape index (κ1) is 14.7. The highest BCUT2D eigenvalue weighted by Crippen LogP contribution is 2.44. The number of likely N-dealkylation sites (tertiary alicyclic amines) is 1. The van der Waals surface area contributed by atoms with Gasteiger partial charge in [-0.25, -0.2) is 4.79 Å². The van der Waals surface area contributed by atoms with Crippen LogP contribution in [0.4, 0.5) is 0 Å². The summed E-state index contributed by atoms with van der Waals surface area (Å²) >= 11 is 0. The molecule has 0 aromatic heterocycles. The SMILES string of the molecule is O=C1OC2(CCN(C(=O)C3CCCCC3)CC2)c2ccccc21. The summed E-state index contributed by atoms with van der Waals surface area (Å²) in [4.78, 5) is 26.8. The summed E-state index contributed by atoms with van der Waals surface area (Å²) in [7, 11) is 0. The molecule has 1 aliphatic carbocycles. The first-order chi connectivity index (χ1) is 11.2. The Morgan fingerprint density at radius 1 is 1.09 bits per heavy atom. The van der Waals surface area contributed by atoms with Crippen molar-refractivity contribution < 1.29 is 14.3 Å². The third-order valence-corrected chi connectivity index (χ3v) is 5.76. The molecule has 4 nitrogen and oxygen atoms in total. The normalized spacial score (nSPS) is 23.7. The van der Waals surface area contributed by atoms with Gasteiger partial charge in [-0.3, -0.25) is 4.79 Å². The summed E-state index contributed by atoms with van der Waals surface area (Å²) in [5.41, 5.74) is 1.20. The number of hydrogen-bond acceptors (Lipinski definition) is 3. The van der Waals surface area contributed by atoms with Gasteiger partial charge in [0.15, 0.2) is 0 Å². The Hall–Kier alpha value is -1.84. The van der Waals surface area contributed by atoms with Crippen molar-refractivity contribution in [1.82, 2.24) is 4.90 Å². The van der Waals surface area contributed by atoms with Crippen LogP contribution in [0.25, 0.3) is 0 Å². The Bertz CT molecular complexity index is 625. The molecule has 1 spiro atoms. The second-order valence-corrected chi connectivity index (χ2v) is 7.09. The summed E-state index contributed by atoms with van der Waals surface area (Å²) in [5, 5.41) is 0. The molecule has 1 amide bonds. The second kappa shape index (κ2) is 5.66. The van der Waals surface area contributed by atoms with Crippen molar-refractivity contribution in [2.75, 3.05) is 13.1 Å². The lowest BCUT2D eigenvalue weighted by Crippen LogP contribution is -2.47. The molecule has 4 rings (SSSR count). The molecule has 0 bridgehead atoms. The molecule has 2 fully saturated rings. The van der Waals surface area contributed by atoms with Crippen molar-refractivity contribution in [2.45, 2.75) is 50.5 Å². The second-order valence-electron chi connectivity index (χ2n) is 7.09. The van der Waals surface area contributed by atoms with Crippen LogP contribution in [-0.2, 0) is 15.1 Å². The Kier molecular flexibility index (Phi) is 3.63. The summed E-state index contributed by atoms with van der Waals surface area (Å²) in [6, 6.07) is 7.67. The van der Waals surface area contributed by atoms with Gasteiger partial charge in [0.1, 0.15) is 5.60 Å². The molecule has 0 radical (unpaired) electrons. The first-order valence-electron chi connectivity index (χ1n) is 8.81. The van der Waals surface area contributed by atoms with Crippen molar-refractivity contribution in [3.05, 3.63) is 35.4 Å². The minimum absolute atomic E-state index is 0.215. The largest absolute Gasteiger partial charge is 0.450 e. The molecule has 2 heterocycles. The Labute approximate surface area is 136 Å². The molecular weight excluding hydrogens is 290 g/mol. The predicted molar refractivity (Wildman–Crippen MR) is 85.9 cm³/mol. The van der Waals surface area contributed by atoms with Gasteiger partial charge in [-0.2, -0.15) is 0 Å². The smallest absolute Gasteiger partial charge is 0.339 e. The van der Waals surface area contributed by atoms with Crippen LogP contribution in [0.3, 0.4) is 0 Å². The fourth-order valence-corrected chi connectivity index (χ4v) is 4.41. The average Bonchev–Trinajstić information content (AvgIpc) is 2.88. The van der Waals surface area contributed by atoms with Gasteiger partial charge < -0.3 is 9.64 Å². The monoisotopic (exact) mass is 313 g/mol. The highest BCUT2D eigenvalue weighted by Gasteiger charge is 2.48. The van der Waals surface area contributed by atoms with E-state index in [1.54, 1.807) is 0 Å². The van der Waals surface area contributed by atoms with E-state index < -0.39 is 5.60 Å². The maximum Gasteiger partial charge on any atom is 0.339 e. The number of amides is 1. The summed E-state index contributed by atoms with van der Waals surface area (Å²) in [5.74, 6) is 0.320. The number of benzene rings is 1. The van der Waals surface area contributed by atoms with Crippen LogP contribution in [0.5, 0.6) is 0 Å². The van der Waals surface area contributed by atoms with Crippen LogP contribution in [-0.4, -0.2) is 29.9 Å². The zero-order chi connectivity index (χ0) is 15.9. The molecule has 23 heavy (non-hydrogen) atoms. The van der Waals surface area contributed by atoms with E-state index in [-0.39, 0.29) is 11.9 Å². The van der Waals surface area contributed by atoms with Gasteiger partial charge in [0, 0.05) is 37.4 Å². The molecule has 1 saturated heterocycles. The van der Waals surface area contributed by atoms with E-state index in [9.17, 15) is 9.59 Å². The zero-order valence-electron chi connectivity index (χ0n) is 13.4. The van der Waals surface area contributed by atoms with Crippen LogP contribution in [0.15, 0.2) is 24.3 Å². The molecule has 1 saturated carbocycles. The molecule has 0 N–H and O–H groups in total. The number of nitrogens with zero attached hydrogens (tertiary/aromatic N) is 1. The van der Waals surface area contributed by atoms with Crippen LogP contribution >= 0.6 is 0 Å². The maximum absolute atomic E-state index is 12.7. The molecule has 1 aromatic carbocycles. The number of esters is 1. The molecule has 4 heteroatoms. The minimum atomic E-state index is -0.503. The van der Waals surface area contributed by atoms with Crippen LogP contribution in [0.2, 0.25) is 0 Å². The van der Waals surface area contributed by atoms with Gasteiger partial charge in [-0.05, 0) is 18.9 Å². The third kappa shape index (κ3) is 2.44. The molecule has 3 aliphatic rings. The summed E-state index contributed by atoms with van der Waals surface area (Å²) < 4.78 is 5.76. The van der Waals surface area contributed by atoms with Crippen molar-refractivity contribution in [1.29, 1.82) is 0 Å². The van der Waals surface area contributed by atoms with Crippen LogP contribution in [0.1, 0.15) is 60.9 Å². The number of fused-ring (bicyclic) bond motifs is 2.